The van der Waals surface area contributed by atoms with Crippen molar-refractivity contribution in [1.29, 1.82) is 0 Å². The van der Waals surface area contributed by atoms with Crippen LogP contribution in [0.1, 0.15) is 9.68 Å². The Hall–Kier alpha value is -2.62. The SMILES string of the molecule is [2H]C([2H])([2H])n1c2cccnc2c2c1[n+](C)c1n2Cc2ccccc2-1. The van der Waals surface area contributed by atoms with Crippen molar-refractivity contribution < 1.29 is 8.68 Å². The summed E-state index contributed by atoms with van der Waals surface area (Å²) in [7, 11) is 1.93. The largest absolute Gasteiger partial charge is 0.270 e. The molecule has 1 aliphatic heterocycles. The van der Waals surface area contributed by atoms with Crippen molar-refractivity contribution >= 4 is 22.2 Å². The van der Waals surface area contributed by atoms with Gasteiger partial charge in [0.1, 0.15) is 11.0 Å². The van der Waals surface area contributed by atoms with Crippen LogP contribution in [0.25, 0.3) is 33.6 Å². The predicted octanol–water partition coefficient (Wildman–Crippen LogP) is 2.38. The molecule has 102 valence electrons. The molecule has 0 aliphatic carbocycles. The second-order valence-corrected chi connectivity index (χ2v) is 5.50. The van der Waals surface area contributed by atoms with Crippen LogP contribution in [0.4, 0.5) is 0 Å². The Balaban J connectivity index is 2.02. The first-order valence-corrected chi connectivity index (χ1v) is 6.95. The first-order chi connectivity index (χ1) is 11.5. The van der Waals surface area contributed by atoms with Crippen LogP contribution in [0.3, 0.4) is 0 Å². The van der Waals surface area contributed by atoms with E-state index in [4.69, 9.17) is 4.11 Å². The first-order valence-electron chi connectivity index (χ1n) is 8.45. The molecule has 0 bridgehead atoms. The molecule has 0 radical (unpaired) electrons. The maximum Gasteiger partial charge on any atom is 0.270 e. The average Bonchev–Trinajstić information content (AvgIpc) is 3.15. The quantitative estimate of drug-likeness (QED) is 0.399. The Morgan fingerprint density at radius 3 is 3.05 bits per heavy atom. The third-order valence-corrected chi connectivity index (χ3v) is 4.42. The van der Waals surface area contributed by atoms with E-state index in [2.05, 4.69) is 21.7 Å². The maximum absolute atomic E-state index is 8.00. The van der Waals surface area contributed by atoms with Gasteiger partial charge in [-0.2, -0.15) is 0 Å². The van der Waals surface area contributed by atoms with Gasteiger partial charge in [-0.15, -0.1) is 0 Å². The van der Waals surface area contributed by atoms with Gasteiger partial charge in [-0.1, -0.05) is 18.2 Å². The van der Waals surface area contributed by atoms with E-state index < -0.39 is 6.98 Å². The number of hydrogen-bond acceptors (Lipinski definition) is 1. The Kier molecular flexibility index (Phi) is 1.45. The summed E-state index contributed by atoms with van der Waals surface area (Å²) in [4.78, 5) is 4.49. The minimum Gasteiger partial charge on any atom is -0.257 e. The average molecular weight is 278 g/mol. The van der Waals surface area contributed by atoms with Gasteiger partial charge in [0.25, 0.3) is 5.65 Å². The third kappa shape index (κ3) is 1.17. The molecule has 0 fully saturated rings. The Labute approximate surface area is 126 Å². The molecule has 1 aromatic carbocycles. The smallest absolute Gasteiger partial charge is 0.257 e. The first kappa shape index (κ1) is 8.62. The minimum atomic E-state index is -2.26. The fourth-order valence-electron chi connectivity index (χ4n) is 3.56. The monoisotopic (exact) mass is 278 g/mol. The lowest BCUT2D eigenvalue weighted by Crippen LogP contribution is -2.31. The van der Waals surface area contributed by atoms with Crippen molar-refractivity contribution in [3.8, 4) is 11.4 Å². The molecule has 4 heteroatoms. The van der Waals surface area contributed by atoms with Crippen LogP contribution in [0.5, 0.6) is 0 Å². The topological polar surface area (TPSA) is 26.6 Å². The van der Waals surface area contributed by atoms with E-state index in [1.807, 2.05) is 29.8 Å². The molecule has 0 saturated carbocycles. The van der Waals surface area contributed by atoms with E-state index in [0.717, 1.165) is 29.0 Å². The second kappa shape index (κ2) is 3.52. The van der Waals surface area contributed by atoms with Crippen LogP contribution in [0.15, 0.2) is 42.6 Å². The van der Waals surface area contributed by atoms with Gasteiger partial charge in [0.15, 0.2) is 0 Å². The van der Waals surface area contributed by atoms with Crippen molar-refractivity contribution in [1.82, 2.24) is 14.1 Å². The van der Waals surface area contributed by atoms with E-state index in [-0.39, 0.29) is 0 Å². The highest BCUT2D eigenvalue weighted by Gasteiger charge is 2.34. The van der Waals surface area contributed by atoms with Crippen LogP contribution in [-0.2, 0) is 20.6 Å². The minimum absolute atomic E-state index is 0.643. The summed E-state index contributed by atoms with van der Waals surface area (Å²) in [5.74, 6) is 1.03. The fourth-order valence-corrected chi connectivity index (χ4v) is 3.56. The van der Waals surface area contributed by atoms with E-state index in [0.29, 0.717) is 11.2 Å². The van der Waals surface area contributed by atoms with Crippen LogP contribution >= 0.6 is 0 Å². The number of rotatable bonds is 0. The van der Waals surface area contributed by atoms with Gasteiger partial charge in [-0.3, -0.25) is 4.57 Å². The summed E-state index contributed by atoms with van der Waals surface area (Å²) in [5.41, 5.74) is 5.35. The maximum atomic E-state index is 8.00. The summed E-state index contributed by atoms with van der Waals surface area (Å²) in [6, 6.07) is 11.9. The van der Waals surface area contributed by atoms with Crippen molar-refractivity contribution in [3.63, 3.8) is 0 Å². The molecule has 4 nitrogen and oxygen atoms in total. The van der Waals surface area contributed by atoms with Crippen molar-refractivity contribution in [2.45, 2.75) is 6.54 Å². The molecule has 1 aliphatic rings. The van der Waals surface area contributed by atoms with Gasteiger partial charge in [0, 0.05) is 6.20 Å². The van der Waals surface area contributed by atoms with Gasteiger partial charge >= 0.3 is 0 Å². The van der Waals surface area contributed by atoms with Gasteiger partial charge in [0.2, 0.25) is 11.3 Å². The zero-order valence-corrected chi connectivity index (χ0v) is 11.5. The summed E-state index contributed by atoms with van der Waals surface area (Å²) in [5, 5.41) is 0. The molecule has 3 aromatic heterocycles. The normalized spacial score (nSPS) is 15.8. The lowest BCUT2D eigenvalue weighted by atomic mass is 10.1. The van der Waals surface area contributed by atoms with Crippen LogP contribution < -0.4 is 4.57 Å². The highest BCUT2D eigenvalue weighted by Crippen LogP contribution is 2.36. The van der Waals surface area contributed by atoms with E-state index in [1.54, 1.807) is 12.3 Å². The van der Waals surface area contributed by atoms with Crippen LogP contribution in [0.2, 0.25) is 0 Å². The molecule has 5 rings (SSSR count). The number of fused-ring (bicyclic) bond motifs is 7. The Bertz CT molecular complexity index is 1130. The summed E-state index contributed by atoms with van der Waals surface area (Å²) < 4.78 is 29.6. The van der Waals surface area contributed by atoms with Gasteiger partial charge in [0.05, 0.1) is 30.2 Å². The number of aryl methyl sites for hydroxylation is 2. The van der Waals surface area contributed by atoms with E-state index in [9.17, 15) is 0 Å². The van der Waals surface area contributed by atoms with Gasteiger partial charge in [-0.25, -0.2) is 14.1 Å². The molecule has 0 amide bonds. The van der Waals surface area contributed by atoms with Crippen LogP contribution in [-0.4, -0.2) is 14.1 Å². The number of nitrogens with zero attached hydrogens (tertiary/aromatic N) is 4. The molecule has 21 heavy (non-hydrogen) atoms. The highest BCUT2D eigenvalue weighted by molar-refractivity contribution is 6.02. The molecule has 0 unspecified atom stereocenters. The van der Waals surface area contributed by atoms with E-state index in [1.165, 1.54) is 10.1 Å². The Morgan fingerprint density at radius 1 is 1.24 bits per heavy atom. The molecular formula is C17H15N4+. The lowest BCUT2D eigenvalue weighted by molar-refractivity contribution is -0.636. The molecule has 0 atom stereocenters. The summed E-state index contributed by atoms with van der Waals surface area (Å²) >= 11 is 0. The Morgan fingerprint density at radius 2 is 2.14 bits per heavy atom. The van der Waals surface area contributed by atoms with Gasteiger partial charge in [-0.05, 0) is 23.8 Å². The molecule has 4 aromatic rings. The number of benzene rings is 1. The third-order valence-electron chi connectivity index (χ3n) is 4.42. The van der Waals surface area contributed by atoms with E-state index >= 15 is 0 Å². The molecular weight excluding hydrogens is 260 g/mol. The molecule has 0 saturated heterocycles. The standard InChI is InChI=1S/C17H15N4/c1-19-13-8-5-9-18-14(13)15-17(19)20(2)16-12-7-4-3-6-11(12)10-21(15)16/h3-9H,10H2,1-2H3/q+1/i1D3. The number of aromatic nitrogens is 4. The zero-order valence-electron chi connectivity index (χ0n) is 14.5. The molecule has 0 spiro atoms. The summed E-state index contributed by atoms with van der Waals surface area (Å²) in [6.45, 7) is -1.53. The van der Waals surface area contributed by atoms with Crippen LogP contribution in [0, 0.1) is 0 Å². The molecule has 0 N–H and O–H groups in total. The van der Waals surface area contributed by atoms with Crippen molar-refractivity contribution in [3.05, 3.63) is 48.2 Å². The van der Waals surface area contributed by atoms with Crippen molar-refractivity contribution in [2.24, 2.45) is 14.0 Å². The van der Waals surface area contributed by atoms with Crippen molar-refractivity contribution in [2.75, 3.05) is 0 Å². The second-order valence-electron chi connectivity index (χ2n) is 5.50. The molecule has 4 heterocycles. The zero-order chi connectivity index (χ0) is 16.6. The number of pyridine rings is 1. The summed E-state index contributed by atoms with van der Waals surface area (Å²) in [6.07, 6.45) is 1.72. The fraction of sp³-hybridized carbons (Fsp3) is 0.176. The highest BCUT2D eigenvalue weighted by atomic mass is 15.2. The number of hydrogen-bond donors (Lipinski definition) is 0. The number of imidazole rings is 1. The predicted molar refractivity (Wildman–Crippen MR) is 81.9 cm³/mol. The van der Waals surface area contributed by atoms with Gasteiger partial charge < -0.3 is 0 Å². The lowest BCUT2D eigenvalue weighted by Gasteiger charge is -1.98.